The number of benzene rings is 2. The maximum Gasteiger partial charge on any atom is 0.229 e. The Kier molecular flexibility index (Phi) is 5.20. The molecular formula is C30H38N2O2. The first-order valence-electron chi connectivity index (χ1n) is 13.1. The van der Waals surface area contributed by atoms with Crippen LogP contribution in [0.5, 0.6) is 0 Å². The molecule has 2 aromatic rings. The lowest BCUT2D eigenvalue weighted by Gasteiger charge is -2.47. The van der Waals surface area contributed by atoms with E-state index in [2.05, 4.69) is 73.3 Å². The molecule has 2 aromatic carbocycles. The number of piperidine rings is 1. The summed E-state index contributed by atoms with van der Waals surface area (Å²) in [6, 6.07) is 21.6. The van der Waals surface area contributed by atoms with Crippen molar-refractivity contribution in [2.75, 3.05) is 13.1 Å². The third-order valence-electron chi connectivity index (χ3n) is 9.81. The summed E-state index contributed by atoms with van der Waals surface area (Å²) in [6.07, 6.45) is 5.21. The van der Waals surface area contributed by atoms with E-state index in [9.17, 15) is 4.79 Å². The fourth-order valence-corrected chi connectivity index (χ4v) is 8.17. The number of amides is 1. The van der Waals surface area contributed by atoms with Gasteiger partial charge in [0.1, 0.15) is 0 Å². The van der Waals surface area contributed by atoms with Gasteiger partial charge in [-0.3, -0.25) is 4.79 Å². The van der Waals surface area contributed by atoms with Crippen LogP contribution in [0.2, 0.25) is 0 Å². The molecule has 2 N–H and O–H groups in total. The highest BCUT2D eigenvalue weighted by molar-refractivity contribution is 5.85. The normalized spacial score (nSPS) is 37.8. The smallest absolute Gasteiger partial charge is 0.229 e. The van der Waals surface area contributed by atoms with Crippen molar-refractivity contribution >= 4 is 5.91 Å². The fraction of sp³-hybridized carbons (Fsp3) is 0.567. The minimum absolute atomic E-state index is 0.0412. The molecule has 180 valence electrons. The third kappa shape index (κ3) is 3.37. The zero-order chi connectivity index (χ0) is 23.6. The molecule has 4 saturated carbocycles. The van der Waals surface area contributed by atoms with Crippen molar-refractivity contribution < 1.29 is 9.53 Å². The number of ether oxygens (including phenoxy) is 1. The van der Waals surface area contributed by atoms with E-state index in [1.54, 1.807) is 0 Å². The molecule has 4 heteroatoms. The molecule has 5 fully saturated rings. The Morgan fingerprint density at radius 1 is 1.03 bits per heavy atom. The Morgan fingerprint density at radius 3 is 2.44 bits per heavy atom. The van der Waals surface area contributed by atoms with Crippen LogP contribution in [-0.2, 0) is 21.6 Å². The molecule has 6 atom stereocenters. The molecule has 1 heterocycles. The lowest BCUT2D eigenvalue weighted by Crippen LogP contribution is -2.57. The molecule has 7 rings (SSSR count). The van der Waals surface area contributed by atoms with Crippen LogP contribution in [-0.4, -0.2) is 36.0 Å². The first-order valence-corrected chi connectivity index (χ1v) is 13.1. The van der Waals surface area contributed by atoms with Crippen molar-refractivity contribution in [3.05, 3.63) is 71.8 Å². The lowest BCUT2D eigenvalue weighted by molar-refractivity contribution is -0.148. The number of likely N-dealkylation sites (tertiary alicyclic amines) is 1. The van der Waals surface area contributed by atoms with Gasteiger partial charge in [-0.15, -0.1) is 0 Å². The largest absolute Gasteiger partial charge is 0.373 e. The maximum atomic E-state index is 14.4. The monoisotopic (exact) mass is 458 g/mol. The van der Waals surface area contributed by atoms with E-state index < -0.39 is 0 Å². The van der Waals surface area contributed by atoms with Crippen molar-refractivity contribution in [3.8, 4) is 0 Å². The number of rotatable bonds is 5. The van der Waals surface area contributed by atoms with E-state index in [4.69, 9.17) is 10.5 Å². The van der Waals surface area contributed by atoms with Crippen molar-refractivity contribution in [3.63, 3.8) is 0 Å². The second-order valence-corrected chi connectivity index (χ2v) is 12.3. The standard InChI is InChI=1S/C30H38N2O2/c1-28(2)20-32(14-13-25(28)31)27(33)30-16-22-15-29(19-30,23-11-7-4-8-12-23)17-24(30)26(22)34-18-21-9-5-3-6-10-21/h3-12,22,24-26H,13-20,31H2,1-2H3/t22?,24?,25-,26?,29?,30?/m0/s1. The topological polar surface area (TPSA) is 55.6 Å². The van der Waals surface area contributed by atoms with Crippen LogP contribution in [0.1, 0.15) is 57.1 Å². The van der Waals surface area contributed by atoms with Gasteiger partial charge in [-0.05, 0) is 60.0 Å². The molecule has 4 bridgehead atoms. The first kappa shape index (κ1) is 22.3. The first-order chi connectivity index (χ1) is 16.3. The summed E-state index contributed by atoms with van der Waals surface area (Å²) < 4.78 is 6.66. The molecule has 0 radical (unpaired) electrons. The molecule has 0 aromatic heterocycles. The highest BCUT2D eigenvalue weighted by Gasteiger charge is 2.72. The van der Waals surface area contributed by atoms with E-state index in [1.165, 1.54) is 11.1 Å². The molecule has 1 saturated heterocycles. The van der Waals surface area contributed by atoms with Crippen LogP contribution in [0.4, 0.5) is 0 Å². The van der Waals surface area contributed by atoms with Crippen LogP contribution >= 0.6 is 0 Å². The van der Waals surface area contributed by atoms with Gasteiger partial charge in [0.05, 0.1) is 18.1 Å². The quantitative estimate of drug-likeness (QED) is 0.692. The molecule has 1 amide bonds. The van der Waals surface area contributed by atoms with E-state index >= 15 is 0 Å². The van der Waals surface area contributed by atoms with Crippen LogP contribution in [0, 0.1) is 22.7 Å². The van der Waals surface area contributed by atoms with Crippen LogP contribution in [0.3, 0.4) is 0 Å². The van der Waals surface area contributed by atoms with E-state index in [0.29, 0.717) is 24.3 Å². The van der Waals surface area contributed by atoms with Gasteiger partial charge in [-0.25, -0.2) is 0 Å². The van der Waals surface area contributed by atoms with Crippen molar-refractivity contribution in [1.29, 1.82) is 0 Å². The summed E-state index contributed by atoms with van der Waals surface area (Å²) >= 11 is 0. The third-order valence-corrected chi connectivity index (χ3v) is 9.81. The van der Waals surface area contributed by atoms with Gasteiger partial charge in [-0.1, -0.05) is 74.5 Å². The number of hydrogen-bond donors (Lipinski definition) is 1. The van der Waals surface area contributed by atoms with Gasteiger partial charge in [-0.2, -0.15) is 0 Å². The summed E-state index contributed by atoms with van der Waals surface area (Å²) in [7, 11) is 0. The number of carbonyl (C=O) groups excluding carboxylic acids is 1. The Bertz CT molecular complexity index is 1050. The molecule has 4 nitrogen and oxygen atoms in total. The Morgan fingerprint density at radius 2 is 1.74 bits per heavy atom. The average molecular weight is 459 g/mol. The summed E-state index contributed by atoms with van der Waals surface area (Å²) in [5.41, 5.74) is 8.82. The lowest BCUT2D eigenvalue weighted by atomic mass is 9.63. The van der Waals surface area contributed by atoms with Crippen molar-refractivity contribution in [2.24, 2.45) is 28.4 Å². The number of hydrogen-bond acceptors (Lipinski definition) is 3. The summed E-state index contributed by atoms with van der Waals surface area (Å²) in [5, 5.41) is 0. The summed E-state index contributed by atoms with van der Waals surface area (Å²) in [5.74, 6) is 1.12. The number of nitrogens with two attached hydrogens (primary N) is 1. The second-order valence-electron chi connectivity index (χ2n) is 12.3. The van der Waals surface area contributed by atoms with Crippen molar-refractivity contribution in [1.82, 2.24) is 4.90 Å². The minimum Gasteiger partial charge on any atom is -0.373 e. The number of carbonyl (C=O) groups is 1. The SMILES string of the molecule is CC1(C)CN(C(=O)C23CC4CC(c5ccccc5)(CC2C4OCc2ccccc2)C3)CC[C@@H]1N. The molecule has 34 heavy (non-hydrogen) atoms. The van der Waals surface area contributed by atoms with Gasteiger partial charge >= 0.3 is 0 Å². The maximum absolute atomic E-state index is 14.4. The van der Waals surface area contributed by atoms with Crippen molar-refractivity contribution in [2.45, 2.75) is 70.1 Å². The van der Waals surface area contributed by atoms with Gasteiger partial charge in [0, 0.05) is 25.0 Å². The highest BCUT2D eigenvalue weighted by atomic mass is 16.5. The molecular weight excluding hydrogens is 420 g/mol. The molecule has 1 aliphatic heterocycles. The predicted octanol–water partition coefficient (Wildman–Crippen LogP) is 4.92. The van der Waals surface area contributed by atoms with Crippen LogP contribution in [0.15, 0.2) is 60.7 Å². The minimum atomic E-state index is -0.294. The Balaban J connectivity index is 1.31. The van der Waals surface area contributed by atoms with Gasteiger partial charge in [0.2, 0.25) is 5.91 Å². The highest BCUT2D eigenvalue weighted by Crippen LogP contribution is 2.71. The van der Waals surface area contributed by atoms with Gasteiger partial charge in [0.25, 0.3) is 0 Å². The molecule has 0 spiro atoms. The summed E-state index contributed by atoms with van der Waals surface area (Å²) in [4.78, 5) is 16.6. The second kappa shape index (κ2) is 7.93. The Labute approximate surface area is 203 Å². The van der Waals surface area contributed by atoms with E-state index in [1.807, 2.05) is 6.07 Å². The molecule has 5 aliphatic rings. The van der Waals surface area contributed by atoms with Crippen LogP contribution in [0.25, 0.3) is 0 Å². The summed E-state index contributed by atoms with van der Waals surface area (Å²) in [6.45, 7) is 6.61. The fourth-order valence-electron chi connectivity index (χ4n) is 8.17. The zero-order valence-electron chi connectivity index (χ0n) is 20.6. The molecule has 4 aliphatic carbocycles. The van der Waals surface area contributed by atoms with Crippen LogP contribution < -0.4 is 5.73 Å². The van der Waals surface area contributed by atoms with E-state index in [0.717, 1.165) is 45.2 Å². The number of nitrogens with zero attached hydrogens (tertiary/aromatic N) is 1. The molecule has 5 unspecified atom stereocenters. The zero-order valence-corrected chi connectivity index (χ0v) is 20.6. The predicted molar refractivity (Wildman–Crippen MR) is 134 cm³/mol. The van der Waals surface area contributed by atoms with Gasteiger partial charge < -0.3 is 15.4 Å². The van der Waals surface area contributed by atoms with Gasteiger partial charge in [0.15, 0.2) is 0 Å². The average Bonchev–Trinajstić information content (AvgIpc) is 3.22. The van der Waals surface area contributed by atoms with E-state index in [-0.39, 0.29) is 28.4 Å². The Hall–Kier alpha value is -2.17.